The molecule has 0 fully saturated rings. The average Bonchev–Trinajstić information content (AvgIpc) is 2.25. The van der Waals surface area contributed by atoms with E-state index < -0.39 is 0 Å². The van der Waals surface area contributed by atoms with E-state index in [1.54, 1.807) is 0 Å². The number of aliphatic hydroxyl groups excluding tert-OH is 1. The molecule has 0 saturated heterocycles. The Hall–Kier alpha value is -1.51. The normalized spacial score (nSPS) is 11.8. The lowest BCUT2D eigenvalue weighted by Crippen LogP contribution is -2.12. The molecule has 1 rings (SSSR count). The minimum atomic E-state index is 0.0216. The Balaban J connectivity index is 2.52. The van der Waals surface area contributed by atoms with Crippen molar-refractivity contribution in [3.8, 4) is 0 Å². The van der Waals surface area contributed by atoms with E-state index >= 15 is 0 Å². The van der Waals surface area contributed by atoms with Crippen LogP contribution in [0.25, 0.3) is 10.4 Å². The van der Waals surface area contributed by atoms with Crippen LogP contribution in [0.2, 0.25) is 0 Å². The minimum absolute atomic E-state index is 0.0216. The molecular weight excluding hydrogens is 178 g/mol. The van der Waals surface area contributed by atoms with E-state index in [0.717, 1.165) is 12.0 Å². The van der Waals surface area contributed by atoms with Gasteiger partial charge in [0.2, 0.25) is 0 Å². The molecule has 1 aromatic carbocycles. The summed E-state index contributed by atoms with van der Waals surface area (Å²) in [6.07, 6.45) is 0.746. The van der Waals surface area contributed by atoms with E-state index in [2.05, 4.69) is 10.0 Å². The highest BCUT2D eigenvalue weighted by Crippen LogP contribution is 2.08. The molecule has 4 nitrogen and oxygen atoms in total. The Kier molecular flexibility index (Phi) is 4.55. The van der Waals surface area contributed by atoms with E-state index in [9.17, 15) is 0 Å². The average molecular weight is 191 g/mol. The van der Waals surface area contributed by atoms with Gasteiger partial charge in [0.15, 0.2) is 0 Å². The van der Waals surface area contributed by atoms with Crippen molar-refractivity contribution in [1.82, 2.24) is 0 Å². The largest absolute Gasteiger partial charge is 0.396 e. The van der Waals surface area contributed by atoms with Crippen LogP contribution in [0, 0.1) is 5.92 Å². The van der Waals surface area contributed by atoms with Gasteiger partial charge in [0.25, 0.3) is 0 Å². The molecule has 0 heterocycles. The van der Waals surface area contributed by atoms with Gasteiger partial charge in [-0.05, 0) is 23.4 Å². The number of hydrogen-bond donors (Lipinski definition) is 1. The highest BCUT2D eigenvalue weighted by atomic mass is 16.3. The first kappa shape index (κ1) is 10.6. The lowest BCUT2D eigenvalue weighted by Gasteiger charge is -2.10. The van der Waals surface area contributed by atoms with Crippen LogP contribution in [0.1, 0.15) is 5.56 Å². The second kappa shape index (κ2) is 6.02. The van der Waals surface area contributed by atoms with E-state index in [0.29, 0.717) is 6.54 Å². The van der Waals surface area contributed by atoms with Crippen molar-refractivity contribution in [2.45, 2.75) is 6.42 Å². The van der Waals surface area contributed by atoms with Gasteiger partial charge < -0.3 is 5.11 Å². The Morgan fingerprint density at radius 1 is 1.36 bits per heavy atom. The minimum Gasteiger partial charge on any atom is -0.396 e. The fourth-order valence-corrected chi connectivity index (χ4v) is 1.29. The molecule has 0 aromatic heterocycles. The highest BCUT2D eigenvalue weighted by molar-refractivity contribution is 5.15. The first-order valence-electron chi connectivity index (χ1n) is 4.52. The summed E-state index contributed by atoms with van der Waals surface area (Å²) in [6, 6.07) is 9.86. The smallest absolute Gasteiger partial charge is 0.0463 e. The van der Waals surface area contributed by atoms with Crippen LogP contribution in [0.4, 0.5) is 0 Å². The van der Waals surface area contributed by atoms with Gasteiger partial charge >= 0.3 is 0 Å². The van der Waals surface area contributed by atoms with Crippen molar-refractivity contribution in [1.29, 1.82) is 0 Å². The molecule has 0 aliphatic heterocycles. The summed E-state index contributed by atoms with van der Waals surface area (Å²) in [5.41, 5.74) is 9.31. The van der Waals surface area contributed by atoms with Gasteiger partial charge in [-0.1, -0.05) is 35.4 Å². The second-order valence-electron chi connectivity index (χ2n) is 3.15. The number of nitrogens with zero attached hydrogens (tertiary/aromatic N) is 3. The van der Waals surface area contributed by atoms with E-state index in [1.165, 1.54) is 0 Å². The van der Waals surface area contributed by atoms with Gasteiger partial charge in [-0.3, -0.25) is 0 Å². The summed E-state index contributed by atoms with van der Waals surface area (Å²) in [5.74, 6) is 0.0216. The van der Waals surface area contributed by atoms with Crippen LogP contribution < -0.4 is 0 Å². The maximum absolute atomic E-state index is 9.03. The molecule has 0 bridgehead atoms. The number of azide groups is 1. The molecule has 0 aliphatic carbocycles. The Labute approximate surface area is 82.8 Å². The lowest BCUT2D eigenvalue weighted by molar-refractivity contribution is 0.230. The van der Waals surface area contributed by atoms with Gasteiger partial charge in [0.1, 0.15) is 0 Å². The fraction of sp³-hybridized carbons (Fsp3) is 0.400. The standard InChI is InChI=1S/C10H13N3O/c11-13-12-7-10(8-14)6-9-4-2-1-3-5-9/h1-5,10,14H,6-8H2/t10-/m0/s1. The molecule has 0 spiro atoms. The monoisotopic (exact) mass is 191 g/mol. The van der Waals surface area contributed by atoms with Crippen LogP contribution in [0.5, 0.6) is 0 Å². The van der Waals surface area contributed by atoms with Gasteiger partial charge in [0, 0.05) is 18.1 Å². The van der Waals surface area contributed by atoms with Crippen LogP contribution in [0.3, 0.4) is 0 Å². The number of aliphatic hydroxyl groups is 1. The van der Waals surface area contributed by atoms with Crippen molar-refractivity contribution in [2.75, 3.05) is 13.2 Å². The summed E-state index contributed by atoms with van der Waals surface area (Å²) in [5, 5.41) is 12.5. The summed E-state index contributed by atoms with van der Waals surface area (Å²) < 4.78 is 0. The summed E-state index contributed by atoms with van der Waals surface area (Å²) in [6.45, 7) is 0.399. The van der Waals surface area contributed by atoms with Crippen LogP contribution in [-0.4, -0.2) is 18.3 Å². The maximum Gasteiger partial charge on any atom is 0.0463 e. The third kappa shape index (κ3) is 3.47. The molecular formula is C10H13N3O. The van der Waals surface area contributed by atoms with Crippen molar-refractivity contribution >= 4 is 0 Å². The summed E-state index contributed by atoms with van der Waals surface area (Å²) >= 11 is 0. The highest BCUT2D eigenvalue weighted by Gasteiger charge is 2.06. The predicted octanol–water partition coefficient (Wildman–Crippen LogP) is 2.15. The Morgan fingerprint density at radius 3 is 2.64 bits per heavy atom. The van der Waals surface area contributed by atoms with Gasteiger partial charge in [0.05, 0.1) is 0 Å². The van der Waals surface area contributed by atoms with Crippen molar-refractivity contribution in [2.24, 2.45) is 11.0 Å². The molecule has 1 N–H and O–H groups in total. The molecule has 74 valence electrons. The zero-order valence-corrected chi connectivity index (χ0v) is 7.87. The summed E-state index contributed by atoms with van der Waals surface area (Å²) in [7, 11) is 0. The molecule has 0 radical (unpaired) electrons. The first-order chi connectivity index (χ1) is 6.86. The van der Waals surface area contributed by atoms with Crippen LogP contribution in [0.15, 0.2) is 35.4 Å². The third-order valence-corrected chi connectivity index (χ3v) is 2.03. The summed E-state index contributed by atoms with van der Waals surface area (Å²) in [4.78, 5) is 2.68. The molecule has 0 aliphatic rings. The van der Waals surface area contributed by atoms with Gasteiger partial charge in [-0.15, -0.1) is 0 Å². The van der Waals surface area contributed by atoms with E-state index in [4.69, 9.17) is 10.6 Å². The zero-order chi connectivity index (χ0) is 10.2. The second-order valence-corrected chi connectivity index (χ2v) is 3.15. The molecule has 1 aromatic rings. The molecule has 4 heteroatoms. The number of benzene rings is 1. The Morgan fingerprint density at radius 2 is 2.07 bits per heavy atom. The molecule has 0 amide bonds. The van der Waals surface area contributed by atoms with Crippen LogP contribution >= 0.6 is 0 Å². The molecule has 0 saturated carbocycles. The van der Waals surface area contributed by atoms with Gasteiger partial charge in [-0.2, -0.15) is 0 Å². The Bertz CT molecular complexity index is 306. The van der Waals surface area contributed by atoms with Gasteiger partial charge in [-0.25, -0.2) is 0 Å². The quantitative estimate of drug-likeness (QED) is 0.432. The number of hydrogen-bond acceptors (Lipinski definition) is 2. The molecule has 14 heavy (non-hydrogen) atoms. The molecule has 1 atom stereocenters. The molecule has 0 unspecified atom stereocenters. The predicted molar refractivity (Wildman–Crippen MR) is 54.7 cm³/mol. The first-order valence-corrected chi connectivity index (χ1v) is 4.52. The van der Waals surface area contributed by atoms with Crippen molar-refractivity contribution in [3.05, 3.63) is 46.3 Å². The SMILES string of the molecule is [N-]=[N+]=NC[C@@H](CO)Cc1ccccc1. The maximum atomic E-state index is 9.03. The van der Waals surface area contributed by atoms with Crippen LogP contribution in [-0.2, 0) is 6.42 Å². The fourth-order valence-electron chi connectivity index (χ4n) is 1.29. The van der Waals surface area contributed by atoms with Crippen molar-refractivity contribution < 1.29 is 5.11 Å². The lowest BCUT2D eigenvalue weighted by atomic mass is 10.0. The number of rotatable bonds is 5. The topological polar surface area (TPSA) is 69.0 Å². The van der Waals surface area contributed by atoms with E-state index in [-0.39, 0.29) is 12.5 Å². The third-order valence-electron chi connectivity index (χ3n) is 2.03. The van der Waals surface area contributed by atoms with Crippen molar-refractivity contribution in [3.63, 3.8) is 0 Å². The zero-order valence-electron chi connectivity index (χ0n) is 7.87. The van der Waals surface area contributed by atoms with E-state index in [1.807, 2.05) is 30.3 Å².